The van der Waals surface area contributed by atoms with E-state index in [1.807, 2.05) is 49.4 Å². The Bertz CT molecular complexity index is 962. The second-order valence-electron chi connectivity index (χ2n) is 6.92. The van der Waals surface area contributed by atoms with Gasteiger partial charge in [-0.25, -0.2) is 4.98 Å². The van der Waals surface area contributed by atoms with Gasteiger partial charge < -0.3 is 14.6 Å². The highest BCUT2D eigenvalue weighted by atomic mass is 16.5. The first-order valence-electron chi connectivity index (χ1n) is 10.3. The molecule has 0 unspecified atom stereocenters. The first-order chi connectivity index (χ1) is 14.2. The Morgan fingerprint density at radius 2 is 2.00 bits per heavy atom. The van der Waals surface area contributed by atoms with Gasteiger partial charge in [0.25, 0.3) is 0 Å². The molecule has 3 rings (SSSR count). The van der Waals surface area contributed by atoms with Crippen LogP contribution in [0, 0.1) is 0 Å². The lowest BCUT2D eigenvalue weighted by atomic mass is 10.1. The molecule has 0 aliphatic rings. The Morgan fingerprint density at radius 1 is 1.21 bits per heavy atom. The number of hydrogen-bond donors (Lipinski definition) is 1. The highest BCUT2D eigenvalue weighted by Crippen LogP contribution is 2.20. The van der Waals surface area contributed by atoms with Crippen LogP contribution in [0.25, 0.3) is 11.0 Å². The number of aromatic nitrogens is 2. The van der Waals surface area contributed by atoms with Gasteiger partial charge in [0.05, 0.1) is 17.6 Å². The molecule has 0 saturated heterocycles. The van der Waals surface area contributed by atoms with E-state index in [9.17, 15) is 4.79 Å². The smallest absolute Gasteiger partial charge is 0.219 e. The van der Waals surface area contributed by atoms with Crippen molar-refractivity contribution in [2.45, 2.75) is 39.2 Å². The molecule has 1 heterocycles. The Labute approximate surface area is 172 Å². The molecule has 0 aliphatic heterocycles. The maximum absolute atomic E-state index is 11.4. The summed E-state index contributed by atoms with van der Waals surface area (Å²) in [5.74, 6) is 2.02. The summed E-state index contributed by atoms with van der Waals surface area (Å²) in [6, 6.07) is 16.3. The number of aryl methyl sites for hydroxylation is 1. The minimum Gasteiger partial charge on any atom is -0.491 e. The molecule has 1 amide bonds. The third kappa shape index (κ3) is 5.47. The van der Waals surface area contributed by atoms with Gasteiger partial charge in [0, 0.05) is 19.4 Å². The topological polar surface area (TPSA) is 56.1 Å². The molecular formula is C24H29N3O2. The van der Waals surface area contributed by atoms with Crippen LogP contribution >= 0.6 is 0 Å². The van der Waals surface area contributed by atoms with E-state index >= 15 is 0 Å². The van der Waals surface area contributed by atoms with Crippen molar-refractivity contribution in [3.63, 3.8) is 0 Å². The molecule has 3 aromatic rings. The fraction of sp³-hybridized carbons (Fsp3) is 0.333. The molecule has 0 aliphatic carbocycles. The molecule has 0 saturated carbocycles. The summed E-state index contributed by atoms with van der Waals surface area (Å²) in [5, 5.41) is 2.93. The third-order valence-corrected chi connectivity index (χ3v) is 4.86. The Kier molecular flexibility index (Phi) is 7.45. The van der Waals surface area contributed by atoms with Crippen molar-refractivity contribution in [1.82, 2.24) is 14.9 Å². The van der Waals surface area contributed by atoms with Crippen LogP contribution in [-0.2, 0) is 24.2 Å². The molecule has 1 N–H and O–H groups in total. The SMILES string of the molecule is C=CCc1ccccc1OCCn1c(CCCNC(=O)CC)nc2ccccc21. The average Bonchev–Trinajstić information content (AvgIpc) is 3.10. The maximum Gasteiger partial charge on any atom is 0.219 e. The molecule has 5 nitrogen and oxygen atoms in total. The first kappa shape index (κ1) is 20.6. The number of hydrogen-bond acceptors (Lipinski definition) is 3. The molecule has 0 radical (unpaired) electrons. The van der Waals surface area contributed by atoms with E-state index in [0.29, 0.717) is 19.6 Å². The van der Waals surface area contributed by atoms with Crippen molar-refractivity contribution in [2.75, 3.05) is 13.2 Å². The third-order valence-electron chi connectivity index (χ3n) is 4.86. The molecule has 0 spiro atoms. The van der Waals surface area contributed by atoms with Crippen LogP contribution in [0.2, 0.25) is 0 Å². The summed E-state index contributed by atoms with van der Waals surface area (Å²) in [6.07, 6.45) is 4.87. The van der Waals surface area contributed by atoms with Crippen molar-refractivity contribution in [2.24, 2.45) is 0 Å². The number of carbonyl (C=O) groups excluding carboxylic acids is 1. The van der Waals surface area contributed by atoms with E-state index in [1.165, 1.54) is 0 Å². The molecule has 0 atom stereocenters. The molecule has 29 heavy (non-hydrogen) atoms. The van der Waals surface area contributed by atoms with Gasteiger partial charge in [0.2, 0.25) is 5.91 Å². The maximum atomic E-state index is 11.4. The summed E-state index contributed by atoms with van der Waals surface area (Å²) in [6.45, 7) is 7.64. The lowest BCUT2D eigenvalue weighted by Crippen LogP contribution is -2.24. The number of para-hydroxylation sites is 3. The van der Waals surface area contributed by atoms with Crippen LogP contribution < -0.4 is 10.1 Å². The van der Waals surface area contributed by atoms with E-state index in [0.717, 1.165) is 54.0 Å². The minimum absolute atomic E-state index is 0.0880. The zero-order valence-corrected chi connectivity index (χ0v) is 17.1. The highest BCUT2D eigenvalue weighted by molar-refractivity contribution is 5.76. The van der Waals surface area contributed by atoms with E-state index in [-0.39, 0.29) is 5.91 Å². The van der Waals surface area contributed by atoms with Crippen LogP contribution in [0.15, 0.2) is 61.2 Å². The van der Waals surface area contributed by atoms with Gasteiger partial charge in [-0.05, 0) is 36.6 Å². The van der Waals surface area contributed by atoms with Gasteiger partial charge in [0.1, 0.15) is 18.2 Å². The van der Waals surface area contributed by atoms with Crippen molar-refractivity contribution < 1.29 is 9.53 Å². The second-order valence-corrected chi connectivity index (χ2v) is 6.92. The normalized spacial score (nSPS) is 10.8. The van der Waals surface area contributed by atoms with Gasteiger partial charge >= 0.3 is 0 Å². The zero-order chi connectivity index (χ0) is 20.5. The van der Waals surface area contributed by atoms with Crippen LogP contribution in [0.4, 0.5) is 0 Å². The van der Waals surface area contributed by atoms with Gasteiger partial charge in [0.15, 0.2) is 0 Å². The Balaban J connectivity index is 1.67. The number of ether oxygens (including phenoxy) is 1. The van der Waals surface area contributed by atoms with E-state index in [1.54, 1.807) is 0 Å². The van der Waals surface area contributed by atoms with Gasteiger partial charge in [-0.1, -0.05) is 43.3 Å². The number of imidazole rings is 1. The summed E-state index contributed by atoms with van der Waals surface area (Å²) in [5.41, 5.74) is 3.25. The number of rotatable bonds is 11. The Morgan fingerprint density at radius 3 is 2.83 bits per heavy atom. The Hall–Kier alpha value is -3.08. The number of allylic oxidation sites excluding steroid dienone is 1. The zero-order valence-electron chi connectivity index (χ0n) is 17.1. The number of nitrogens with zero attached hydrogens (tertiary/aromatic N) is 2. The summed E-state index contributed by atoms with van der Waals surface area (Å²) in [7, 11) is 0. The van der Waals surface area contributed by atoms with Crippen LogP contribution in [0.5, 0.6) is 5.75 Å². The summed E-state index contributed by atoms with van der Waals surface area (Å²) >= 11 is 0. The number of benzene rings is 2. The number of amides is 1. The number of carbonyl (C=O) groups is 1. The average molecular weight is 392 g/mol. The molecule has 0 bridgehead atoms. The minimum atomic E-state index is 0.0880. The van der Waals surface area contributed by atoms with Crippen LogP contribution in [0.3, 0.4) is 0 Å². The van der Waals surface area contributed by atoms with Gasteiger partial charge in [-0.3, -0.25) is 4.79 Å². The van der Waals surface area contributed by atoms with Crippen LogP contribution in [-0.4, -0.2) is 28.6 Å². The quantitative estimate of drug-likeness (QED) is 0.392. The van der Waals surface area contributed by atoms with Crippen molar-refractivity contribution in [3.05, 3.63) is 72.6 Å². The predicted molar refractivity (Wildman–Crippen MR) is 117 cm³/mol. The molecule has 0 fully saturated rings. The number of fused-ring (bicyclic) bond motifs is 1. The first-order valence-corrected chi connectivity index (χ1v) is 10.3. The molecule has 1 aromatic heterocycles. The molecular weight excluding hydrogens is 362 g/mol. The van der Waals surface area contributed by atoms with Gasteiger partial charge in [-0.15, -0.1) is 6.58 Å². The lowest BCUT2D eigenvalue weighted by Gasteiger charge is -2.13. The standard InChI is InChI=1S/C24H29N3O2/c1-3-10-19-11-5-8-14-22(19)29-18-17-27-21-13-7-6-12-20(21)26-23(27)15-9-16-25-24(28)4-2/h3,5-8,11-14H,1,4,9-10,15-18H2,2H3,(H,25,28). The van der Waals surface area contributed by atoms with E-state index in [2.05, 4.69) is 28.6 Å². The second kappa shape index (κ2) is 10.5. The molecule has 2 aromatic carbocycles. The van der Waals surface area contributed by atoms with E-state index in [4.69, 9.17) is 9.72 Å². The fourth-order valence-electron chi connectivity index (χ4n) is 3.38. The highest BCUT2D eigenvalue weighted by Gasteiger charge is 2.11. The summed E-state index contributed by atoms with van der Waals surface area (Å²) in [4.78, 5) is 16.2. The van der Waals surface area contributed by atoms with Crippen molar-refractivity contribution in [3.8, 4) is 5.75 Å². The number of nitrogens with one attached hydrogen (secondary N) is 1. The lowest BCUT2D eigenvalue weighted by molar-refractivity contribution is -0.120. The van der Waals surface area contributed by atoms with Crippen LogP contribution in [0.1, 0.15) is 31.2 Å². The fourth-order valence-corrected chi connectivity index (χ4v) is 3.38. The summed E-state index contributed by atoms with van der Waals surface area (Å²) < 4.78 is 8.31. The van der Waals surface area contributed by atoms with Gasteiger partial charge in [-0.2, -0.15) is 0 Å². The monoisotopic (exact) mass is 391 g/mol. The van der Waals surface area contributed by atoms with Crippen molar-refractivity contribution >= 4 is 16.9 Å². The van der Waals surface area contributed by atoms with E-state index < -0.39 is 0 Å². The largest absolute Gasteiger partial charge is 0.491 e. The molecule has 5 heteroatoms. The molecule has 152 valence electrons. The predicted octanol–water partition coefficient (Wildman–Crippen LogP) is 4.30. The van der Waals surface area contributed by atoms with Crippen molar-refractivity contribution in [1.29, 1.82) is 0 Å².